The Hall–Kier alpha value is -2.77. The highest BCUT2D eigenvalue weighted by atomic mass is 16.6. The molecule has 1 aromatic rings. The average molecular weight is 337 g/mol. The molecule has 0 aliphatic carbocycles. The Morgan fingerprint density at radius 1 is 1.17 bits per heavy atom. The van der Waals surface area contributed by atoms with E-state index in [4.69, 9.17) is 10.5 Å². The number of amides is 2. The van der Waals surface area contributed by atoms with Crippen LogP contribution in [0.2, 0.25) is 0 Å². The molecule has 0 aliphatic heterocycles. The number of alkyl carbamates (subject to hydrolysis) is 1. The number of carboxylic acids is 1. The summed E-state index contributed by atoms with van der Waals surface area (Å²) >= 11 is 0. The van der Waals surface area contributed by atoms with Crippen LogP contribution in [-0.2, 0) is 9.53 Å². The zero-order valence-corrected chi connectivity index (χ0v) is 14.4. The molecular weight excluding hydrogens is 314 g/mol. The number of hydrogen-bond acceptors (Lipinski definition) is 5. The Kier molecular flexibility index (Phi) is 5.78. The average Bonchev–Trinajstić information content (AvgIpc) is 2.38. The van der Waals surface area contributed by atoms with Gasteiger partial charge in [0.25, 0.3) is 0 Å². The van der Waals surface area contributed by atoms with Gasteiger partial charge in [0.2, 0.25) is 12.1 Å². The van der Waals surface area contributed by atoms with Gasteiger partial charge < -0.3 is 20.9 Å². The van der Waals surface area contributed by atoms with Crippen molar-refractivity contribution in [3.05, 3.63) is 28.8 Å². The van der Waals surface area contributed by atoms with Crippen LogP contribution in [0, 0.1) is 13.8 Å². The lowest BCUT2D eigenvalue weighted by Gasteiger charge is -2.24. The number of primary amides is 1. The van der Waals surface area contributed by atoms with Gasteiger partial charge in [-0.1, -0.05) is 0 Å². The summed E-state index contributed by atoms with van der Waals surface area (Å²) in [7, 11) is 0. The lowest BCUT2D eigenvalue weighted by atomic mass is 10.0. The largest absolute Gasteiger partial charge is 0.478 e. The molecule has 0 heterocycles. The van der Waals surface area contributed by atoms with Crippen molar-refractivity contribution in [3.8, 4) is 0 Å². The summed E-state index contributed by atoms with van der Waals surface area (Å²) in [5, 5.41) is 14.3. The monoisotopic (exact) mass is 337 g/mol. The maximum absolute atomic E-state index is 11.8. The number of rotatable bonds is 5. The van der Waals surface area contributed by atoms with Crippen molar-refractivity contribution >= 4 is 23.7 Å². The number of nitrogens with one attached hydrogen (secondary N) is 2. The highest BCUT2D eigenvalue weighted by Crippen LogP contribution is 2.23. The fourth-order valence-electron chi connectivity index (χ4n) is 2.06. The number of anilines is 1. The normalized spacial score (nSPS) is 12.2. The molecule has 0 bridgehead atoms. The summed E-state index contributed by atoms with van der Waals surface area (Å²) in [6.45, 7) is 8.42. The summed E-state index contributed by atoms with van der Waals surface area (Å²) in [5.41, 5.74) is 6.56. The van der Waals surface area contributed by atoms with E-state index in [0.717, 1.165) is 0 Å². The third kappa shape index (κ3) is 5.45. The summed E-state index contributed by atoms with van der Waals surface area (Å²) in [6.07, 6.45) is -2.25. The molecule has 0 fully saturated rings. The second kappa shape index (κ2) is 7.20. The van der Waals surface area contributed by atoms with E-state index in [1.807, 2.05) is 0 Å². The molecule has 0 aliphatic rings. The van der Waals surface area contributed by atoms with Crippen LogP contribution in [-0.4, -0.2) is 34.8 Å². The van der Waals surface area contributed by atoms with Crippen molar-refractivity contribution in [1.82, 2.24) is 5.32 Å². The van der Waals surface area contributed by atoms with Gasteiger partial charge in [-0.25, -0.2) is 9.59 Å². The van der Waals surface area contributed by atoms with Gasteiger partial charge in [-0.3, -0.25) is 10.1 Å². The van der Waals surface area contributed by atoms with Crippen molar-refractivity contribution in [2.45, 2.75) is 46.4 Å². The highest BCUT2D eigenvalue weighted by molar-refractivity contribution is 5.94. The molecule has 0 saturated heterocycles. The van der Waals surface area contributed by atoms with Crippen LogP contribution in [0.15, 0.2) is 12.1 Å². The van der Waals surface area contributed by atoms with E-state index in [2.05, 4.69) is 10.6 Å². The molecule has 0 radical (unpaired) electrons. The maximum atomic E-state index is 11.8. The number of hydrogen-bond donors (Lipinski definition) is 4. The van der Waals surface area contributed by atoms with Crippen molar-refractivity contribution < 1.29 is 24.2 Å². The molecule has 0 saturated carbocycles. The van der Waals surface area contributed by atoms with Crippen LogP contribution in [0.3, 0.4) is 0 Å². The Morgan fingerprint density at radius 2 is 1.67 bits per heavy atom. The molecule has 132 valence electrons. The summed E-state index contributed by atoms with van der Waals surface area (Å²) in [4.78, 5) is 34.4. The van der Waals surface area contributed by atoms with Crippen LogP contribution in [0.4, 0.5) is 10.5 Å². The van der Waals surface area contributed by atoms with Gasteiger partial charge in [0.15, 0.2) is 0 Å². The molecule has 2 amide bonds. The first-order valence-corrected chi connectivity index (χ1v) is 7.30. The quantitative estimate of drug-likeness (QED) is 0.605. The van der Waals surface area contributed by atoms with Gasteiger partial charge in [0.05, 0.1) is 0 Å². The molecule has 1 aromatic carbocycles. The lowest BCUT2D eigenvalue weighted by Crippen LogP contribution is -2.48. The number of aliphatic carboxylic acids is 1. The van der Waals surface area contributed by atoms with Gasteiger partial charge in [0.1, 0.15) is 5.60 Å². The van der Waals surface area contributed by atoms with E-state index in [0.29, 0.717) is 22.4 Å². The Morgan fingerprint density at radius 3 is 2.04 bits per heavy atom. The predicted octanol–water partition coefficient (Wildman–Crippen LogP) is 1.75. The van der Waals surface area contributed by atoms with Crippen LogP contribution in [0.1, 0.15) is 42.3 Å². The van der Waals surface area contributed by atoms with Gasteiger partial charge >= 0.3 is 12.1 Å². The molecule has 0 spiro atoms. The number of aryl methyl sites for hydroxylation is 2. The molecule has 0 unspecified atom stereocenters. The van der Waals surface area contributed by atoms with Crippen molar-refractivity contribution in [2.24, 2.45) is 5.73 Å². The zero-order valence-electron chi connectivity index (χ0n) is 14.4. The lowest BCUT2D eigenvalue weighted by molar-refractivity contribution is -0.138. The Balaban J connectivity index is 3.00. The van der Waals surface area contributed by atoms with Gasteiger partial charge in [0, 0.05) is 11.3 Å². The minimum atomic E-state index is -1.39. The Bertz CT molecular complexity index is 641. The van der Waals surface area contributed by atoms with E-state index in [9.17, 15) is 19.5 Å². The fourth-order valence-corrected chi connectivity index (χ4v) is 2.06. The van der Waals surface area contributed by atoms with Crippen LogP contribution >= 0.6 is 0 Å². The SMILES string of the molecule is Cc1cc(C(N)=O)cc(C)c1N[C@H](NC(=O)OC(C)(C)C)C(=O)O. The molecule has 8 nitrogen and oxygen atoms in total. The maximum Gasteiger partial charge on any atom is 0.409 e. The molecule has 8 heteroatoms. The number of benzene rings is 1. The van der Waals surface area contributed by atoms with E-state index in [1.54, 1.807) is 46.8 Å². The molecule has 0 aromatic heterocycles. The van der Waals surface area contributed by atoms with Crippen molar-refractivity contribution in [2.75, 3.05) is 5.32 Å². The molecule has 1 rings (SSSR count). The standard InChI is InChI=1S/C16H23N3O5/c1-8-6-10(12(17)20)7-9(2)11(8)18-13(14(21)22)19-15(23)24-16(3,4)5/h6-7,13,18H,1-5H3,(H2,17,20)(H,19,23)(H,21,22)/t13-/m1/s1. The minimum Gasteiger partial charge on any atom is -0.478 e. The molecule has 1 atom stereocenters. The fraction of sp³-hybridized carbons (Fsp3) is 0.438. The van der Waals surface area contributed by atoms with E-state index in [-0.39, 0.29) is 0 Å². The third-order valence-electron chi connectivity index (χ3n) is 3.01. The number of ether oxygens (including phenoxy) is 1. The predicted molar refractivity (Wildman–Crippen MR) is 88.9 cm³/mol. The third-order valence-corrected chi connectivity index (χ3v) is 3.01. The first kappa shape index (κ1) is 19.3. The zero-order chi connectivity index (χ0) is 18.7. The van der Waals surface area contributed by atoms with E-state index in [1.165, 1.54) is 0 Å². The number of carbonyl (C=O) groups excluding carboxylic acids is 2. The van der Waals surface area contributed by atoms with Gasteiger partial charge in [-0.2, -0.15) is 0 Å². The van der Waals surface area contributed by atoms with E-state index >= 15 is 0 Å². The minimum absolute atomic E-state index is 0.322. The van der Waals surface area contributed by atoms with Crippen LogP contribution < -0.4 is 16.4 Å². The van der Waals surface area contributed by atoms with Gasteiger partial charge in [-0.05, 0) is 57.9 Å². The van der Waals surface area contributed by atoms with Gasteiger partial charge in [-0.15, -0.1) is 0 Å². The molecular formula is C16H23N3O5. The smallest absolute Gasteiger partial charge is 0.409 e. The first-order chi connectivity index (χ1) is 10.9. The summed E-state index contributed by atoms with van der Waals surface area (Å²) in [5.74, 6) is -1.85. The number of carboxylic acid groups (broad SMARTS) is 1. The summed E-state index contributed by atoms with van der Waals surface area (Å²) in [6, 6.07) is 3.09. The molecule has 5 N–H and O–H groups in total. The van der Waals surface area contributed by atoms with Crippen LogP contribution in [0.25, 0.3) is 0 Å². The number of carbonyl (C=O) groups is 3. The Labute approximate surface area is 140 Å². The second-order valence-corrected chi connectivity index (χ2v) is 6.41. The summed E-state index contributed by atoms with van der Waals surface area (Å²) < 4.78 is 5.05. The highest BCUT2D eigenvalue weighted by Gasteiger charge is 2.25. The number of nitrogens with two attached hydrogens (primary N) is 1. The van der Waals surface area contributed by atoms with E-state index < -0.39 is 29.7 Å². The second-order valence-electron chi connectivity index (χ2n) is 6.41. The topological polar surface area (TPSA) is 131 Å². The molecule has 24 heavy (non-hydrogen) atoms. The van der Waals surface area contributed by atoms with Crippen molar-refractivity contribution in [3.63, 3.8) is 0 Å². The first-order valence-electron chi connectivity index (χ1n) is 7.30. The van der Waals surface area contributed by atoms with Crippen LogP contribution in [0.5, 0.6) is 0 Å². The van der Waals surface area contributed by atoms with Crippen molar-refractivity contribution in [1.29, 1.82) is 0 Å².